The standard InChI is InChI=1S/C10H22N2OS/c1-9(11)8-10(13)12-6-4-3-5-7-14-2/h9H,3-8,11H2,1-2H3,(H,12,13). The van der Waals surface area contributed by atoms with Gasteiger partial charge < -0.3 is 11.1 Å². The zero-order chi connectivity index (χ0) is 10.8. The predicted octanol–water partition coefficient (Wildman–Crippen LogP) is 1.37. The van der Waals surface area contributed by atoms with Crippen molar-refractivity contribution < 1.29 is 4.79 Å². The fraction of sp³-hybridized carbons (Fsp3) is 0.900. The molecule has 14 heavy (non-hydrogen) atoms. The van der Waals surface area contributed by atoms with Gasteiger partial charge in [-0.05, 0) is 31.8 Å². The molecule has 0 aromatic carbocycles. The fourth-order valence-corrected chi connectivity index (χ4v) is 1.63. The van der Waals surface area contributed by atoms with E-state index in [1.54, 1.807) is 0 Å². The van der Waals surface area contributed by atoms with Crippen molar-refractivity contribution >= 4 is 17.7 Å². The van der Waals surface area contributed by atoms with Crippen LogP contribution in [-0.4, -0.2) is 30.5 Å². The fourth-order valence-electron chi connectivity index (χ4n) is 1.14. The summed E-state index contributed by atoms with van der Waals surface area (Å²) < 4.78 is 0. The monoisotopic (exact) mass is 218 g/mol. The zero-order valence-electron chi connectivity index (χ0n) is 9.21. The van der Waals surface area contributed by atoms with Gasteiger partial charge in [-0.25, -0.2) is 0 Å². The number of rotatable bonds is 8. The molecule has 0 fully saturated rings. The van der Waals surface area contributed by atoms with Crippen molar-refractivity contribution in [3.63, 3.8) is 0 Å². The van der Waals surface area contributed by atoms with Crippen LogP contribution in [-0.2, 0) is 4.79 Å². The molecule has 0 aliphatic rings. The van der Waals surface area contributed by atoms with Gasteiger partial charge in [0, 0.05) is 19.0 Å². The van der Waals surface area contributed by atoms with Gasteiger partial charge in [-0.3, -0.25) is 4.79 Å². The van der Waals surface area contributed by atoms with Gasteiger partial charge in [0.1, 0.15) is 0 Å². The van der Waals surface area contributed by atoms with Crippen molar-refractivity contribution in [2.24, 2.45) is 5.73 Å². The molecule has 0 aliphatic heterocycles. The molecule has 3 nitrogen and oxygen atoms in total. The lowest BCUT2D eigenvalue weighted by Crippen LogP contribution is -2.30. The molecule has 0 spiro atoms. The number of carbonyl (C=O) groups excluding carboxylic acids is 1. The van der Waals surface area contributed by atoms with Crippen molar-refractivity contribution in [2.75, 3.05) is 18.6 Å². The van der Waals surface area contributed by atoms with Crippen LogP contribution in [0.15, 0.2) is 0 Å². The molecule has 0 aliphatic carbocycles. The van der Waals surface area contributed by atoms with Crippen molar-refractivity contribution in [1.29, 1.82) is 0 Å². The summed E-state index contributed by atoms with van der Waals surface area (Å²) in [6.07, 6.45) is 6.06. The van der Waals surface area contributed by atoms with E-state index in [9.17, 15) is 4.79 Å². The molecule has 1 unspecified atom stereocenters. The molecule has 0 saturated carbocycles. The number of nitrogens with two attached hydrogens (primary N) is 1. The van der Waals surface area contributed by atoms with Crippen LogP contribution in [0.3, 0.4) is 0 Å². The van der Waals surface area contributed by atoms with E-state index in [-0.39, 0.29) is 11.9 Å². The van der Waals surface area contributed by atoms with E-state index in [0.29, 0.717) is 6.42 Å². The lowest BCUT2D eigenvalue weighted by molar-refractivity contribution is -0.121. The van der Waals surface area contributed by atoms with Crippen LogP contribution >= 0.6 is 11.8 Å². The maximum absolute atomic E-state index is 11.1. The Kier molecular flexibility index (Phi) is 9.19. The Labute approximate surface area is 91.2 Å². The van der Waals surface area contributed by atoms with Crippen molar-refractivity contribution in [3.05, 3.63) is 0 Å². The third-order valence-electron chi connectivity index (χ3n) is 1.85. The number of amides is 1. The average molecular weight is 218 g/mol. The molecule has 0 bridgehead atoms. The summed E-state index contributed by atoms with van der Waals surface area (Å²) in [5, 5.41) is 2.87. The first-order chi connectivity index (χ1) is 6.66. The molecular formula is C10H22N2OS. The summed E-state index contributed by atoms with van der Waals surface area (Å²) in [6.45, 7) is 2.64. The average Bonchev–Trinajstić information content (AvgIpc) is 2.10. The maximum Gasteiger partial charge on any atom is 0.221 e. The van der Waals surface area contributed by atoms with E-state index in [1.807, 2.05) is 18.7 Å². The van der Waals surface area contributed by atoms with Gasteiger partial charge in [0.15, 0.2) is 0 Å². The number of hydrogen-bond acceptors (Lipinski definition) is 3. The molecule has 0 aromatic rings. The van der Waals surface area contributed by atoms with E-state index >= 15 is 0 Å². The minimum Gasteiger partial charge on any atom is -0.356 e. The Bertz CT molecular complexity index is 151. The number of nitrogens with one attached hydrogen (secondary N) is 1. The van der Waals surface area contributed by atoms with E-state index in [4.69, 9.17) is 5.73 Å². The predicted molar refractivity (Wildman–Crippen MR) is 63.5 cm³/mol. The molecule has 1 atom stereocenters. The van der Waals surface area contributed by atoms with Gasteiger partial charge >= 0.3 is 0 Å². The smallest absolute Gasteiger partial charge is 0.221 e. The highest BCUT2D eigenvalue weighted by Gasteiger charge is 2.02. The van der Waals surface area contributed by atoms with Crippen LogP contribution in [0.2, 0.25) is 0 Å². The molecule has 3 N–H and O–H groups in total. The molecule has 0 rings (SSSR count). The lowest BCUT2D eigenvalue weighted by atomic mass is 10.2. The first-order valence-corrected chi connectivity index (χ1v) is 6.57. The number of carbonyl (C=O) groups is 1. The van der Waals surface area contributed by atoms with Crippen molar-refractivity contribution in [1.82, 2.24) is 5.32 Å². The topological polar surface area (TPSA) is 55.1 Å². The first-order valence-electron chi connectivity index (χ1n) is 5.18. The highest BCUT2D eigenvalue weighted by atomic mass is 32.2. The zero-order valence-corrected chi connectivity index (χ0v) is 10.0. The molecule has 1 amide bonds. The Morgan fingerprint density at radius 2 is 2.14 bits per heavy atom. The van der Waals surface area contributed by atoms with E-state index in [1.165, 1.54) is 18.6 Å². The lowest BCUT2D eigenvalue weighted by Gasteiger charge is -2.06. The van der Waals surface area contributed by atoms with Gasteiger partial charge in [0.05, 0.1) is 0 Å². The van der Waals surface area contributed by atoms with E-state index in [0.717, 1.165) is 13.0 Å². The maximum atomic E-state index is 11.1. The molecular weight excluding hydrogens is 196 g/mol. The Balaban J connectivity index is 3.15. The van der Waals surface area contributed by atoms with Gasteiger partial charge in [-0.2, -0.15) is 11.8 Å². The second-order valence-corrected chi connectivity index (χ2v) is 4.57. The highest BCUT2D eigenvalue weighted by Crippen LogP contribution is 2.01. The van der Waals surface area contributed by atoms with Crippen LogP contribution in [0.5, 0.6) is 0 Å². The van der Waals surface area contributed by atoms with Crippen LogP contribution in [0.1, 0.15) is 32.6 Å². The molecule has 0 saturated heterocycles. The minimum absolute atomic E-state index is 0.0357. The van der Waals surface area contributed by atoms with Gasteiger partial charge in [-0.15, -0.1) is 0 Å². The highest BCUT2D eigenvalue weighted by molar-refractivity contribution is 7.98. The Hall–Kier alpha value is -0.220. The quantitative estimate of drug-likeness (QED) is 0.605. The largest absolute Gasteiger partial charge is 0.356 e. The normalized spacial score (nSPS) is 12.5. The Morgan fingerprint density at radius 1 is 1.43 bits per heavy atom. The van der Waals surface area contributed by atoms with Crippen molar-refractivity contribution in [3.8, 4) is 0 Å². The van der Waals surface area contributed by atoms with E-state index < -0.39 is 0 Å². The second-order valence-electron chi connectivity index (χ2n) is 3.58. The van der Waals surface area contributed by atoms with E-state index in [2.05, 4.69) is 11.6 Å². The van der Waals surface area contributed by atoms with Gasteiger partial charge in [-0.1, -0.05) is 6.42 Å². The van der Waals surface area contributed by atoms with Crippen LogP contribution in [0.25, 0.3) is 0 Å². The van der Waals surface area contributed by atoms with Crippen LogP contribution < -0.4 is 11.1 Å². The summed E-state index contributed by atoms with van der Waals surface area (Å²) in [7, 11) is 0. The Morgan fingerprint density at radius 3 is 2.71 bits per heavy atom. The summed E-state index contributed by atoms with van der Waals surface area (Å²) in [5.41, 5.74) is 5.50. The number of hydrogen-bond donors (Lipinski definition) is 2. The first kappa shape index (κ1) is 13.8. The molecule has 4 heteroatoms. The van der Waals surface area contributed by atoms with Gasteiger partial charge in [0.25, 0.3) is 0 Å². The summed E-state index contributed by atoms with van der Waals surface area (Å²) in [5.74, 6) is 1.29. The number of unbranched alkanes of at least 4 members (excludes halogenated alkanes) is 2. The molecule has 0 radical (unpaired) electrons. The molecule has 84 valence electrons. The summed E-state index contributed by atoms with van der Waals surface area (Å²) in [4.78, 5) is 11.1. The second kappa shape index (κ2) is 9.34. The van der Waals surface area contributed by atoms with Crippen LogP contribution in [0, 0.1) is 0 Å². The third-order valence-corrected chi connectivity index (χ3v) is 2.55. The van der Waals surface area contributed by atoms with Crippen molar-refractivity contribution in [2.45, 2.75) is 38.6 Å². The van der Waals surface area contributed by atoms with Gasteiger partial charge in [0.2, 0.25) is 5.91 Å². The van der Waals surface area contributed by atoms with Crippen LogP contribution in [0.4, 0.5) is 0 Å². The number of thioether (sulfide) groups is 1. The summed E-state index contributed by atoms with van der Waals surface area (Å²) >= 11 is 1.87. The SMILES string of the molecule is CSCCCCCNC(=O)CC(C)N. The summed E-state index contributed by atoms with van der Waals surface area (Å²) in [6, 6.07) is -0.0357. The third kappa shape index (κ3) is 9.86. The minimum atomic E-state index is -0.0357. The molecule has 0 aromatic heterocycles. The molecule has 0 heterocycles.